The van der Waals surface area contributed by atoms with Gasteiger partial charge in [0.15, 0.2) is 0 Å². The second kappa shape index (κ2) is 8.04. The number of hydrogen-bond donors (Lipinski definition) is 1. The highest BCUT2D eigenvalue weighted by Gasteiger charge is 2.23. The van der Waals surface area contributed by atoms with Crippen LogP contribution >= 0.6 is 11.3 Å². The highest BCUT2D eigenvalue weighted by molar-refractivity contribution is 7.14. The third-order valence-electron chi connectivity index (χ3n) is 4.28. The minimum atomic E-state index is -0.0426. The molecule has 3 heterocycles. The van der Waals surface area contributed by atoms with Crippen LogP contribution < -0.4 is 5.32 Å². The van der Waals surface area contributed by atoms with Crippen LogP contribution in [0.3, 0.4) is 0 Å². The predicted octanol–water partition coefficient (Wildman–Crippen LogP) is 2.09. The summed E-state index contributed by atoms with van der Waals surface area (Å²) in [6.07, 6.45) is 7.21. The Hall–Kier alpha value is -2.24. The maximum Gasteiger partial charge on any atom is 0.226 e. The van der Waals surface area contributed by atoms with Crippen molar-refractivity contribution in [1.82, 2.24) is 19.7 Å². The third kappa shape index (κ3) is 4.19. The molecule has 126 valence electrons. The Labute approximate surface area is 144 Å². The number of nitrogens with zero attached hydrogens (tertiary/aromatic N) is 5. The SMILES string of the molecule is N#Cc1ccsc1NC(=O)CCN1CCCCC1Cn1cncn1. The van der Waals surface area contributed by atoms with E-state index in [0.29, 0.717) is 23.0 Å². The molecule has 0 aliphatic carbocycles. The van der Waals surface area contributed by atoms with Crippen molar-refractivity contribution in [3.63, 3.8) is 0 Å². The minimum absolute atomic E-state index is 0.0426. The predicted molar refractivity (Wildman–Crippen MR) is 91.5 cm³/mol. The summed E-state index contributed by atoms with van der Waals surface area (Å²) in [5, 5.41) is 18.5. The van der Waals surface area contributed by atoms with E-state index in [0.717, 1.165) is 26.1 Å². The number of nitriles is 1. The Balaban J connectivity index is 1.52. The molecule has 8 heteroatoms. The number of rotatable bonds is 6. The van der Waals surface area contributed by atoms with Gasteiger partial charge in [0, 0.05) is 19.0 Å². The van der Waals surface area contributed by atoms with E-state index in [2.05, 4.69) is 26.4 Å². The van der Waals surface area contributed by atoms with Crippen LogP contribution in [-0.4, -0.2) is 44.7 Å². The van der Waals surface area contributed by atoms with Gasteiger partial charge in [-0.3, -0.25) is 14.4 Å². The Morgan fingerprint density at radius 3 is 3.21 bits per heavy atom. The summed E-state index contributed by atoms with van der Waals surface area (Å²) in [5.41, 5.74) is 0.524. The van der Waals surface area contributed by atoms with Gasteiger partial charge in [-0.2, -0.15) is 10.4 Å². The second-order valence-corrected chi connectivity index (χ2v) is 6.79. The molecule has 0 bridgehead atoms. The van der Waals surface area contributed by atoms with Crippen molar-refractivity contribution in [3.05, 3.63) is 29.7 Å². The third-order valence-corrected chi connectivity index (χ3v) is 5.11. The van der Waals surface area contributed by atoms with Crippen molar-refractivity contribution in [3.8, 4) is 6.07 Å². The number of anilines is 1. The van der Waals surface area contributed by atoms with Gasteiger partial charge in [-0.25, -0.2) is 4.98 Å². The monoisotopic (exact) mass is 344 g/mol. The first-order valence-corrected chi connectivity index (χ1v) is 8.98. The van der Waals surface area contributed by atoms with Gasteiger partial charge < -0.3 is 5.32 Å². The molecule has 1 saturated heterocycles. The molecule has 0 spiro atoms. The zero-order valence-corrected chi connectivity index (χ0v) is 14.2. The van der Waals surface area contributed by atoms with Crippen molar-refractivity contribution in [2.75, 3.05) is 18.4 Å². The average Bonchev–Trinajstić information content (AvgIpc) is 3.25. The van der Waals surface area contributed by atoms with Crippen molar-refractivity contribution >= 4 is 22.2 Å². The zero-order chi connectivity index (χ0) is 16.8. The number of hydrogen-bond acceptors (Lipinski definition) is 6. The lowest BCUT2D eigenvalue weighted by atomic mass is 10.0. The van der Waals surface area contributed by atoms with Crippen LogP contribution in [0.2, 0.25) is 0 Å². The molecule has 1 aliphatic rings. The molecule has 0 aromatic carbocycles. The van der Waals surface area contributed by atoms with Crippen molar-refractivity contribution in [1.29, 1.82) is 5.26 Å². The van der Waals surface area contributed by atoms with E-state index in [-0.39, 0.29) is 5.91 Å². The number of likely N-dealkylation sites (tertiary alicyclic amines) is 1. The lowest BCUT2D eigenvalue weighted by molar-refractivity contribution is -0.116. The van der Waals surface area contributed by atoms with Crippen LogP contribution in [0.5, 0.6) is 0 Å². The quantitative estimate of drug-likeness (QED) is 0.867. The summed E-state index contributed by atoms with van der Waals surface area (Å²) < 4.78 is 1.86. The van der Waals surface area contributed by atoms with Gasteiger partial charge in [0.25, 0.3) is 0 Å². The first kappa shape index (κ1) is 16.6. The van der Waals surface area contributed by atoms with Gasteiger partial charge in [-0.05, 0) is 30.8 Å². The fraction of sp³-hybridized carbons (Fsp3) is 0.500. The average molecular weight is 344 g/mol. The molecule has 0 radical (unpaired) electrons. The Kier molecular flexibility index (Phi) is 5.56. The van der Waals surface area contributed by atoms with E-state index in [1.54, 1.807) is 18.7 Å². The van der Waals surface area contributed by atoms with E-state index in [1.807, 2.05) is 10.1 Å². The summed E-state index contributed by atoms with van der Waals surface area (Å²) in [5.74, 6) is -0.0426. The van der Waals surface area contributed by atoms with Crippen LogP contribution in [0.4, 0.5) is 5.00 Å². The number of aromatic nitrogens is 3. The fourth-order valence-electron chi connectivity index (χ4n) is 3.03. The molecule has 0 saturated carbocycles. The Morgan fingerprint density at radius 1 is 1.50 bits per heavy atom. The minimum Gasteiger partial charge on any atom is -0.317 e. The van der Waals surface area contributed by atoms with Crippen LogP contribution in [-0.2, 0) is 11.3 Å². The molecular formula is C16H20N6OS. The van der Waals surface area contributed by atoms with Crippen LogP contribution in [0.1, 0.15) is 31.2 Å². The van der Waals surface area contributed by atoms with Gasteiger partial charge in [-0.1, -0.05) is 6.42 Å². The van der Waals surface area contributed by atoms with Gasteiger partial charge in [-0.15, -0.1) is 11.3 Å². The van der Waals surface area contributed by atoms with Gasteiger partial charge in [0.05, 0.1) is 12.1 Å². The summed E-state index contributed by atoms with van der Waals surface area (Å²) in [6, 6.07) is 4.20. The number of amides is 1. The largest absolute Gasteiger partial charge is 0.317 e. The second-order valence-electron chi connectivity index (χ2n) is 5.88. The van der Waals surface area contributed by atoms with E-state index < -0.39 is 0 Å². The first-order chi connectivity index (χ1) is 11.8. The van der Waals surface area contributed by atoms with E-state index in [9.17, 15) is 4.79 Å². The summed E-state index contributed by atoms with van der Waals surface area (Å²) in [7, 11) is 0. The molecular weight excluding hydrogens is 324 g/mol. The normalized spacial score (nSPS) is 18.2. The zero-order valence-electron chi connectivity index (χ0n) is 13.4. The number of thiophene rings is 1. The first-order valence-electron chi connectivity index (χ1n) is 8.10. The number of nitrogens with one attached hydrogen (secondary N) is 1. The highest BCUT2D eigenvalue weighted by atomic mass is 32.1. The van der Waals surface area contributed by atoms with Crippen LogP contribution in [0.25, 0.3) is 0 Å². The lowest BCUT2D eigenvalue weighted by Crippen LogP contribution is -2.43. The van der Waals surface area contributed by atoms with Gasteiger partial charge in [0.1, 0.15) is 23.7 Å². The standard InChI is InChI=1S/C16H20N6OS/c17-9-13-5-8-24-16(13)20-15(23)4-7-21-6-2-1-3-14(21)10-22-12-18-11-19-22/h5,8,11-12,14H,1-4,6-7,10H2,(H,20,23). The van der Waals surface area contributed by atoms with E-state index in [4.69, 9.17) is 5.26 Å². The molecule has 3 rings (SSSR count). The molecule has 1 aliphatic heterocycles. The molecule has 1 amide bonds. The van der Waals surface area contributed by atoms with Crippen molar-refractivity contribution in [2.24, 2.45) is 0 Å². The molecule has 1 fully saturated rings. The number of piperidine rings is 1. The summed E-state index contributed by atoms with van der Waals surface area (Å²) in [6.45, 7) is 2.54. The fourth-order valence-corrected chi connectivity index (χ4v) is 3.79. The van der Waals surface area contributed by atoms with Gasteiger partial charge >= 0.3 is 0 Å². The summed E-state index contributed by atoms with van der Waals surface area (Å²) >= 11 is 1.38. The van der Waals surface area contributed by atoms with Gasteiger partial charge in [0.2, 0.25) is 5.91 Å². The van der Waals surface area contributed by atoms with E-state index >= 15 is 0 Å². The lowest BCUT2D eigenvalue weighted by Gasteiger charge is -2.35. The number of carbonyl (C=O) groups is 1. The molecule has 7 nitrogen and oxygen atoms in total. The van der Waals surface area contributed by atoms with Crippen molar-refractivity contribution < 1.29 is 4.79 Å². The molecule has 2 aromatic heterocycles. The smallest absolute Gasteiger partial charge is 0.226 e. The molecule has 24 heavy (non-hydrogen) atoms. The maximum absolute atomic E-state index is 12.2. The molecule has 1 unspecified atom stereocenters. The molecule has 1 N–H and O–H groups in total. The Bertz CT molecular complexity index is 704. The summed E-state index contributed by atoms with van der Waals surface area (Å²) in [4.78, 5) is 18.5. The highest BCUT2D eigenvalue weighted by Crippen LogP contribution is 2.23. The molecule has 2 aromatic rings. The molecule has 1 atom stereocenters. The number of carbonyl (C=O) groups excluding carboxylic acids is 1. The maximum atomic E-state index is 12.2. The topological polar surface area (TPSA) is 86.8 Å². The van der Waals surface area contributed by atoms with E-state index in [1.165, 1.54) is 24.2 Å². The van der Waals surface area contributed by atoms with Crippen molar-refractivity contribution in [2.45, 2.75) is 38.3 Å². The Morgan fingerprint density at radius 2 is 2.42 bits per heavy atom. The van der Waals surface area contributed by atoms with Crippen LogP contribution in [0.15, 0.2) is 24.1 Å². The van der Waals surface area contributed by atoms with Crippen LogP contribution in [0, 0.1) is 11.3 Å².